The maximum atomic E-state index is 4.37. The van der Waals surface area contributed by atoms with Crippen LogP contribution < -0.4 is 0 Å². The summed E-state index contributed by atoms with van der Waals surface area (Å²) >= 11 is 0. The summed E-state index contributed by atoms with van der Waals surface area (Å²) in [4.78, 5) is 4.37. The molecule has 0 unspecified atom stereocenters. The molecule has 0 aliphatic heterocycles. The number of rotatable bonds is 2. The van der Waals surface area contributed by atoms with Crippen molar-refractivity contribution < 1.29 is 0 Å². The second-order valence-corrected chi connectivity index (χ2v) is 4.68. The number of imidazole rings is 1. The number of hydrogen-bond acceptors (Lipinski definition) is 1. The summed E-state index contributed by atoms with van der Waals surface area (Å²) in [6.07, 6.45) is 3.90. The summed E-state index contributed by atoms with van der Waals surface area (Å²) in [6, 6.07) is 4.47. The van der Waals surface area contributed by atoms with E-state index < -0.39 is 0 Å². The summed E-state index contributed by atoms with van der Waals surface area (Å²) in [5.41, 5.74) is 3.77. The van der Waals surface area contributed by atoms with Crippen molar-refractivity contribution in [2.45, 2.75) is 39.5 Å². The van der Waals surface area contributed by atoms with Crippen molar-refractivity contribution in [1.29, 1.82) is 0 Å². The van der Waals surface area contributed by atoms with Crippen LogP contribution in [0.5, 0.6) is 0 Å². The Bertz CT molecular complexity index is 466. The van der Waals surface area contributed by atoms with Crippen molar-refractivity contribution in [3.8, 4) is 0 Å². The van der Waals surface area contributed by atoms with Crippen LogP contribution in [0.3, 0.4) is 0 Å². The Morgan fingerprint density at radius 2 is 1.80 bits per heavy atom. The predicted molar refractivity (Wildman–Crippen MR) is 63.4 cm³/mol. The van der Waals surface area contributed by atoms with Gasteiger partial charge in [0.25, 0.3) is 0 Å². The number of hydrogen-bond donors (Lipinski definition) is 0. The lowest BCUT2D eigenvalue weighted by molar-refractivity contribution is 0.783. The van der Waals surface area contributed by atoms with E-state index >= 15 is 0 Å². The first-order valence-corrected chi connectivity index (χ1v) is 5.56. The highest BCUT2D eigenvalue weighted by Crippen LogP contribution is 2.23. The van der Waals surface area contributed by atoms with E-state index in [4.69, 9.17) is 0 Å². The summed E-state index contributed by atoms with van der Waals surface area (Å²) in [6.45, 7) is 8.88. The molecule has 15 heavy (non-hydrogen) atoms. The van der Waals surface area contributed by atoms with Crippen LogP contribution in [0.1, 0.15) is 50.8 Å². The molecule has 0 atom stereocenters. The van der Waals surface area contributed by atoms with E-state index in [1.54, 1.807) is 0 Å². The monoisotopic (exact) mass is 202 g/mol. The van der Waals surface area contributed by atoms with Gasteiger partial charge in [0.15, 0.2) is 0 Å². The van der Waals surface area contributed by atoms with Gasteiger partial charge in [0.2, 0.25) is 0 Å². The minimum Gasteiger partial charge on any atom is -0.304 e. The third-order valence-electron chi connectivity index (χ3n) is 2.82. The highest BCUT2D eigenvalue weighted by atomic mass is 15.0. The van der Waals surface area contributed by atoms with Crippen LogP contribution in [-0.4, -0.2) is 9.38 Å². The summed E-state index contributed by atoms with van der Waals surface area (Å²) in [5.74, 6) is 1.09. The zero-order valence-electron chi connectivity index (χ0n) is 9.86. The van der Waals surface area contributed by atoms with E-state index in [9.17, 15) is 0 Å². The molecule has 2 aromatic heterocycles. The maximum Gasteiger partial charge on any atom is 0.137 e. The van der Waals surface area contributed by atoms with Gasteiger partial charge in [-0.15, -0.1) is 0 Å². The van der Waals surface area contributed by atoms with E-state index in [0.29, 0.717) is 11.8 Å². The Labute approximate surface area is 91.0 Å². The molecule has 0 fully saturated rings. The molecule has 2 heteroatoms. The Balaban J connectivity index is 2.69. The minimum absolute atomic E-state index is 0.528. The molecule has 2 rings (SSSR count). The van der Waals surface area contributed by atoms with Gasteiger partial charge < -0.3 is 4.40 Å². The van der Waals surface area contributed by atoms with Crippen molar-refractivity contribution in [3.05, 3.63) is 35.8 Å². The van der Waals surface area contributed by atoms with Gasteiger partial charge in [-0.1, -0.05) is 27.7 Å². The molecule has 2 nitrogen and oxygen atoms in total. The van der Waals surface area contributed by atoms with Gasteiger partial charge in [-0.2, -0.15) is 0 Å². The number of pyridine rings is 1. The Hall–Kier alpha value is -1.31. The molecule has 0 aromatic carbocycles. The van der Waals surface area contributed by atoms with Crippen LogP contribution in [0, 0.1) is 0 Å². The average molecular weight is 202 g/mol. The second kappa shape index (κ2) is 3.69. The predicted octanol–water partition coefficient (Wildman–Crippen LogP) is 3.58. The minimum atomic E-state index is 0.528. The molecule has 0 saturated carbocycles. The van der Waals surface area contributed by atoms with Gasteiger partial charge in [0, 0.05) is 18.1 Å². The average Bonchev–Trinajstić information content (AvgIpc) is 2.62. The molecule has 2 aromatic rings. The standard InChI is InChI=1S/C13H18N2/c1-9(2)11-7-12(10(3)4)15-6-5-14-13(15)8-11/h5-10H,1-4H3. The van der Waals surface area contributed by atoms with E-state index in [-0.39, 0.29) is 0 Å². The SMILES string of the molecule is CC(C)c1cc(C(C)C)n2ccnc2c1. The van der Waals surface area contributed by atoms with Crippen LogP contribution in [-0.2, 0) is 0 Å². The normalized spacial score (nSPS) is 11.9. The topological polar surface area (TPSA) is 17.3 Å². The largest absolute Gasteiger partial charge is 0.304 e. The van der Waals surface area contributed by atoms with Crippen molar-refractivity contribution >= 4 is 5.65 Å². The molecule has 80 valence electrons. The fourth-order valence-electron chi connectivity index (χ4n) is 1.85. The van der Waals surface area contributed by atoms with Crippen LogP contribution >= 0.6 is 0 Å². The molecule has 0 bridgehead atoms. The Morgan fingerprint density at radius 3 is 2.40 bits per heavy atom. The zero-order valence-corrected chi connectivity index (χ0v) is 9.86. The molecule has 0 aliphatic carbocycles. The smallest absolute Gasteiger partial charge is 0.137 e. The first-order chi connectivity index (χ1) is 7.09. The third-order valence-corrected chi connectivity index (χ3v) is 2.82. The molecular weight excluding hydrogens is 184 g/mol. The summed E-state index contributed by atoms with van der Waals surface area (Å²) in [7, 11) is 0. The first kappa shape index (κ1) is 10.2. The van der Waals surface area contributed by atoms with Crippen LogP contribution in [0.25, 0.3) is 5.65 Å². The van der Waals surface area contributed by atoms with E-state index in [1.807, 2.05) is 12.4 Å². The third kappa shape index (κ3) is 1.76. The summed E-state index contributed by atoms with van der Waals surface area (Å²) < 4.78 is 2.18. The molecular formula is C13H18N2. The van der Waals surface area contributed by atoms with Crippen molar-refractivity contribution in [1.82, 2.24) is 9.38 Å². The van der Waals surface area contributed by atoms with Crippen molar-refractivity contribution in [2.75, 3.05) is 0 Å². The van der Waals surface area contributed by atoms with Crippen molar-refractivity contribution in [3.63, 3.8) is 0 Å². The van der Waals surface area contributed by atoms with Crippen LogP contribution in [0.2, 0.25) is 0 Å². The molecule has 0 N–H and O–H groups in total. The molecule has 0 aliphatic rings. The van der Waals surface area contributed by atoms with E-state index in [1.165, 1.54) is 11.3 Å². The maximum absolute atomic E-state index is 4.37. The highest BCUT2D eigenvalue weighted by molar-refractivity contribution is 5.45. The van der Waals surface area contributed by atoms with Crippen LogP contribution in [0.4, 0.5) is 0 Å². The number of nitrogens with zero attached hydrogens (tertiary/aromatic N) is 2. The molecule has 0 radical (unpaired) electrons. The van der Waals surface area contributed by atoms with Gasteiger partial charge in [0.05, 0.1) is 0 Å². The van der Waals surface area contributed by atoms with Gasteiger partial charge in [-0.25, -0.2) is 4.98 Å². The van der Waals surface area contributed by atoms with E-state index in [2.05, 4.69) is 49.2 Å². The molecule has 2 heterocycles. The van der Waals surface area contributed by atoms with Gasteiger partial charge >= 0.3 is 0 Å². The number of fused-ring (bicyclic) bond motifs is 1. The Kier molecular flexibility index (Phi) is 2.51. The first-order valence-electron chi connectivity index (χ1n) is 5.56. The fraction of sp³-hybridized carbons (Fsp3) is 0.462. The lowest BCUT2D eigenvalue weighted by Crippen LogP contribution is -2.01. The second-order valence-electron chi connectivity index (χ2n) is 4.68. The van der Waals surface area contributed by atoms with Crippen LogP contribution in [0.15, 0.2) is 24.5 Å². The summed E-state index contributed by atoms with van der Waals surface area (Å²) in [5, 5.41) is 0. The zero-order chi connectivity index (χ0) is 11.0. The number of aromatic nitrogens is 2. The van der Waals surface area contributed by atoms with Gasteiger partial charge in [0.1, 0.15) is 5.65 Å². The highest BCUT2D eigenvalue weighted by Gasteiger charge is 2.09. The lowest BCUT2D eigenvalue weighted by atomic mass is 10.00. The van der Waals surface area contributed by atoms with Crippen molar-refractivity contribution in [2.24, 2.45) is 0 Å². The molecule has 0 saturated heterocycles. The quantitative estimate of drug-likeness (QED) is 0.727. The van der Waals surface area contributed by atoms with Gasteiger partial charge in [-0.3, -0.25) is 0 Å². The molecule has 0 amide bonds. The van der Waals surface area contributed by atoms with E-state index in [0.717, 1.165) is 5.65 Å². The Morgan fingerprint density at radius 1 is 1.07 bits per heavy atom. The fourth-order valence-corrected chi connectivity index (χ4v) is 1.85. The molecule has 0 spiro atoms. The lowest BCUT2D eigenvalue weighted by Gasteiger charge is -2.13. The van der Waals surface area contributed by atoms with Gasteiger partial charge in [-0.05, 0) is 29.5 Å².